The Morgan fingerprint density at radius 1 is 0.947 bits per heavy atom. The molecule has 1 aromatic carbocycles. The Hall–Kier alpha value is -0.500. The van der Waals surface area contributed by atoms with Gasteiger partial charge in [-0.2, -0.15) is 0 Å². The Labute approximate surface area is 129 Å². The standard InChI is InChI=1S/C16H18Cl2S/c1-2-14-8-9-15(19-14)10-16(11-17,12-18)13-6-4-3-5-7-13/h3-9H,2,10-12H2,1H3. The minimum atomic E-state index is -0.166. The zero-order valence-corrected chi connectivity index (χ0v) is 13.4. The monoisotopic (exact) mass is 312 g/mol. The van der Waals surface area contributed by atoms with Crippen LogP contribution >= 0.6 is 34.5 Å². The summed E-state index contributed by atoms with van der Waals surface area (Å²) in [5.41, 5.74) is 1.06. The molecule has 0 aliphatic carbocycles. The molecule has 0 saturated carbocycles. The van der Waals surface area contributed by atoms with E-state index in [0.29, 0.717) is 11.8 Å². The molecule has 0 saturated heterocycles. The fourth-order valence-corrected chi connectivity index (χ4v) is 4.10. The van der Waals surface area contributed by atoms with Crippen LogP contribution in [0.5, 0.6) is 0 Å². The second-order valence-electron chi connectivity index (χ2n) is 4.81. The van der Waals surface area contributed by atoms with E-state index in [4.69, 9.17) is 23.2 Å². The van der Waals surface area contributed by atoms with Crippen molar-refractivity contribution >= 4 is 34.5 Å². The van der Waals surface area contributed by atoms with Gasteiger partial charge in [0, 0.05) is 26.9 Å². The van der Waals surface area contributed by atoms with Crippen LogP contribution in [0.2, 0.25) is 0 Å². The first-order chi connectivity index (χ1) is 9.24. The van der Waals surface area contributed by atoms with E-state index in [1.54, 1.807) is 0 Å². The molecule has 1 aromatic heterocycles. The summed E-state index contributed by atoms with van der Waals surface area (Å²) < 4.78 is 0. The molecule has 0 radical (unpaired) electrons. The lowest BCUT2D eigenvalue weighted by atomic mass is 9.80. The molecule has 0 fully saturated rings. The van der Waals surface area contributed by atoms with Gasteiger partial charge in [0.1, 0.15) is 0 Å². The van der Waals surface area contributed by atoms with Crippen molar-refractivity contribution in [3.05, 3.63) is 57.8 Å². The molecule has 0 nitrogen and oxygen atoms in total. The average molecular weight is 313 g/mol. The zero-order chi connectivity index (χ0) is 13.7. The molecule has 0 N–H and O–H groups in total. The van der Waals surface area contributed by atoms with E-state index in [-0.39, 0.29) is 5.41 Å². The Morgan fingerprint density at radius 2 is 1.58 bits per heavy atom. The van der Waals surface area contributed by atoms with Crippen LogP contribution in [-0.4, -0.2) is 11.8 Å². The summed E-state index contributed by atoms with van der Waals surface area (Å²) in [7, 11) is 0. The Bertz CT molecular complexity index is 500. The number of benzene rings is 1. The first-order valence-electron chi connectivity index (χ1n) is 6.49. The SMILES string of the molecule is CCc1ccc(CC(CCl)(CCl)c2ccccc2)s1. The molecule has 2 aromatic rings. The molecule has 2 rings (SSSR count). The Balaban J connectivity index is 2.29. The van der Waals surface area contributed by atoms with Crippen molar-refractivity contribution in [3.63, 3.8) is 0 Å². The second kappa shape index (κ2) is 6.78. The van der Waals surface area contributed by atoms with Crippen molar-refractivity contribution in [1.82, 2.24) is 0 Å². The van der Waals surface area contributed by atoms with Gasteiger partial charge in [0.15, 0.2) is 0 Å². The van der Waals surface area contributed by atoms with E-state index in [0.717, 1.165) is 12.8 Å². The summed E-state index contributed by atoms with van der Waals surface area (Å²) in [5.74, 6) is 1.08. The molecule has 0 spiro atoms. The highest BCUT2D eigenvalue weighted by Gasteiger charge is 2.31. The van der Waals surface area contributed by atoms with Crippen LogP contribution in [0.25, 0.3) is 0 Å². The molecule has 0 bridgehead atoms. The third-order valence-corrected chi connectivity index (χ3v) is 5.73. The highest BCUT2D eigenvalue weighted by atomic mass is 35.5. The summed E-state index contributed by atoms with van der Waals surface area (Å²) >= 11 is 14.4. The van der Waals surface area contributed by atoms with Gasteiger partial charge < -0.3 is 0 Å². The molecule has 102 valence electrons. The van der Waals surface area contributed by atoms with Gasteiger partial charge in [0.05, 0.1) is 0 Å². The number of halogens is 2. The van der Waals surface area contributed by atoms with Gasteiger partial charge >= 0.3 is 0 Å². The molecule has 0 atom stereocenters. The van der Waals surface area contributed by atoms with Crippen molar-refractivity contribution in [2.75, 3.05) is 11.8 Å². The number of alkyl halides is 2. The number of hydrogen-bond acceptors (Lipinski definition) is 1. The average Bonchev–Trinajstić information content (AvgIpc) is 2.93. The first kappa shape index (κ1) is 14.9. The maximum absolute atomic E-state index is 6.27. The van der Waals surface area contributed by atoms with Crippen molar-refractivity contribution < 1.29 is 0 Å². The van der Waals surface area contributed by atoms with E-state index in [1.807, 2.05) is 17.4 Å². The van der Waals surface area contributed by atoms with Gasteiger partial charge in [0.2, 0.25) is 0 Å². The Kier molecular flexibility index (Phi) is 5.32. The van der Waals surface area contributed by atoms with E-state index < -0.39 is 0 Å². The minimum Gasteiger partial charge on any atom is -0.145 e. The number of hydrogen-bond donors (Lipinski definition) is 0. The molecule has 0 aliphatic rings. The zero-order valence-electron chi connectivity index (χ0n) is 11.0. The molecule has 19 heavy (non-hydrogen) atoms. The van der Waals surface area contributed by atoms with E-state index in [2.05, 4.69) is 43.3 Å². The van der Waals surface area contributed by atoms with Gasteiger partial charge in [-0.25, -0.2) is 0 Å². The maximum atomic E-state index is 6.27. The molecule has 0 aliphatic heterocycles. The molecule has 3 heteroatoms. The number of rotatable bonds is 6. The van der Waals surface area contributed by atoms with Crippen LogP contribution in [0.3, 0.4) is 0 Å². The molecule has 0 amide bonds. The maximum Gasteiger partial charge on any atom is 0.0335 e. The fraction of sp³-hybridized carbons (Fsp3) is 0.375. The van der Waals surface area contributed by atoms with Crippen molar-refractivity contribution in [3.8, 4) is 0 Å². The predicted octanol–water partition coefficient (Wildman–Crippen LogP) is 5.27. The van der Waals surface area contributed by atoms with E-state index in [9.17, 15) is 0 Å². The third-order valence-electron chi connectivity index (χ3n) is 3.48. The minimum absolute atomic E-state index is 0.166. The summed E-state index contributed by atoms with van der Waals surface area (Å²) in [6, 6.07) is 14.8. The van der Waals surface area contributed by atoms with Gasteiger partial charge in [0.25, 0.3) is 0 Å². The topological polar surface area (TPSA) is 0 Å². The number of aryl methyl sites for hydroxylation is 1. The fourth-order valence-electron chi connectivity index (χ4n) is 2.22. The highest BCUT2D eigenvalue weighted by molar-refractivity contribution is 7.12. The van der Waals surface area contributed by atoms with Crippen LogP contribution in [0.1, 0.15) is 22.2 Å². The lowest BCUT2D eigenvalue weighted by Gasteiger charge is -2.29. The van der Waals surface area contributed by atoms with Crippen molar-refractivity contribution in [2.45, 2.75) is 25.2 Å². The van der Waals surface area contributed by atoms with Gasteiger partial charge in [-0.3, -0.25) is 0 Å². The highest BCUT2D eigenvalue weighted by Crippen LogP contribution is 2.33. The first-order valence-corrected chi connectivity index (χ1v) is 8.37. The smallest absolute Gasteiger partial charge is 0.0335 e. The summed E-state index contributed by atoms with van der Waals surface area (Å²) in [6.07, 6.45) is 2.00. The van der Waals surface area contributed by atoms with Crippen LogP contribution in [0.15, 0.2) is 42.5 Å². The lowest BCUT2D eigenvalue weighted by Crippen LogP contribution is -2.33. The summed E-state index contributed by atoms with van der Waals surface area (Å²) in [4.78, 5) is 2.78. The van der Waals surface area contributed by atoms with Crippen molar-refractivity contribution in [1.29, 1.82) is 0 Å². The van der Waals surface area contributed by atoms with Crippen molar-refractivity contribution in [2.24, 2.45) is 0 Å². The lowest BCUT2D eigenvalue weighted by molar-refractivity contribution is 0.541. The van der Waals surface area contributed by atoms with Gasteiger partial charge in [-0.15, -0.1) is 34.5 Å². The molecular weight excluding hydrogens is 295 g/mol. The molecular formula is C16H18Cl2S. The molecule has 0 unspecified atom stereocenters. The number of thiophene rings is 1. The quantitative estimate of drug-likeness (QED) is 0.637. The van der Waals surface area contributed by atoms with E-state index >= 15 is 0 Å². The summed E-state index contributed by atoms with van der Waals surface area (Å²) in [5, 5.41) is 0. The van der Waals surface area contributed by atoms with Crippen LogP contribution in [0, 0.1) is 0 Å². The molecule has 1 heterocycles. The third kappa shape index (κ3) is 3.34. The van der Waals surface area contributed by atoms with Gasteiger partial charge in [-0.05, 0) is 30.5 Å². The van der Waals surface area contributed by atoms with E-state index in [1.165, 1.54) is 15.3 Å². The van der Waals surface area contributed by atoms with Gasteiger partial charge in [-0.1, -0.05) is 37.3 Å². The second-order valence-corrected chi connectivity index (χ2v) is 6.60. The van der Waals surface area contributed by atoms with Crippen LogP contribution in [-0.2, 0) is 18.3 Å². The largest absolute Gasteiger partial charge is 0.145 e. The van der Waals surface area contributed by atoms with Crippen LogP contribution < -0.4 is 0 Å². The normalized spacial score (nSPS) is 11.7. The Morgan fingerprint density at radius 3 is 2.11 bits per heavy atom. The summed E-state index contributed by atoms with van der Waals surface area (Å²) in [6.45, 7) is 2.18. The predicted molar refractivity (Wildman–Crippen MR) is 87.0 cm³/mol. The van der Waals surface area contributed by atoms with Crippen LogP contribution in [0.4, 0.5) is 0 Å².